The molecule has 2 heterocycles. The number of aryl methyl sites for hydroxylation is 2. The van der Waals surface area contributed by atoms with Crippen LogP contribution in [-0.4, -0.2) is 54.7 Å². The molecule has 0 radical (unpaired) electrons. The molecule has 0 aliphatic carbocycles. The molecule has 174 valence electrons. The van der Waals surface area contributed by atoms with E-state index in [1.165, 1.54) is 4.31 Å². The van der Waals surface area contributed by atoms with Gasteiger partial charge in [-0.25, -0.2) is 13.4 Å². The number of fused-ring (bicyclic) bond motifs is 1. The van der Waals surface area contributed by atoms with E-state index in [4.69, 9.17) is 4.98 Å². The second kappa shape index (κ2) is 8.94. The first-order chi connectivity index (χ1) is 16.3. The zero-order valence-electron chi connectivity index (χ0n) is 19.1. The Hall–Kier alpha value is -3.07. The van der Waals surface area contributed by atoms with Gasteiger partial charge in [0.2, 0.25) is 10.0 Å². The Kier molecular flexibility index (Phi) is 5.97. The molecule has 1 saturated heterocycles. The summed E-state index contributed by atoms with van der Waals surface area (Å²) in [6, 6.07) is 20.9. The Morgan fingerprint density at radius 3 is 2.38 bits per heavy atom. The number of aromatic nitrogens is 1. The molecule has 0 spiro atoms. The van der Waals surface area contributed by atoms with Gasteiger partial charge in [0, 0.05) is 37.3 Å². The first-order valence-corrected chi connectivity index (χ1v) is 13.4. The molecule has 0 N–H and O–H groups in total. The zero-order valence-corrected chi connectivity index (χ0v) is 20.7. The van der Waals surface area contributed by atoms with E-state index in [-0.39, 0.29) is 19.0 Å². The number of carbonyl (C=O) groups is 1. The largest absolute Gasteiger partial charge is 0.336 e. The molecule has 0 saturated carbocycles. The SMILES string of the molecule is Cc1ccc(C)c(S(=O)(=O)N2CCN(C(=O)c3ccccc3-c3nc4ccccc4s3)CC2)c1. The van der Waals surface area contributed by atoms with Gasteiger partial charge in [0.05, 0.1) is 15.1 Å². The Labute approximate surface area is 203 Å². The van der Waals surface area contributed by atoms with Crippen LogP contribution in [0, 0.1) is 13.8 Å². The third-order valence-corrected chi connectivity index (χ3v) is 9.28. The van der Waals surface area contributed by atoms with Crippen LogP contribution in [0.2, 0.25) is 0 Å². The van der Waals surface area contributed by atoms with Crippen LogP contribution in [0.25, 0.3) is 20.8 Å². The van der Waals surface area contributed by atoms with Crippen LogP contribution in [0.3, 0.4) is 0 Å². The van der Waals surface area contributed by atoms with Gasteiger partial charge >= 0.3 is 0 Å². The normalized spacial score (nSPS) is 15.1. The van der Waals surface area contributed by atoms with Crippen LogP contribution >= 0.6 is 11.3 Å². The third-order valence-electron chi connectivity index (χ3n) is 6.17. The average molecular weight is 492 g/mol. The topological polar surface area (TPSA) is 70.6 Å². The van der Waals surface area contributed by atoms with Gasteiger partial charge in [0.25, 0.3) is 5.91 Å². The van der Waals surface area contributed by atoms with Gasteiger partial charge in [0.1, 0.15) is 5.01 Å². The highest BCUT2D eigenvalue weighted by molar-refractivity contribution is 7.89. The molecule has 0 unspecified atom stereocenters. The number of amides is 1. The average Bonchev–Trinajstić information content (AvgIpc) is 3.29. The predicted molar refractivity (Wildman–Crippen MR) is 136 cm³/mol. The number of para-hydroxylation sites is 1. The van der Waals surface area contributed by atoms with Crippen molar-refractivity contribution in [2.75, 3.05) is 26.2 Å². The van der Waals surface area contributed by atoms with E-state index in [0.29, 0.717) is 23.5 Å². The Morgan fingerprint density at radius 1 is 0.912 bits per heavy atom. The van der Waals surface area contributed by atoms with Crippen LogP contribution < -0.4 is 0 Å². The van der Waals surface area contributed by atoms with Crippen molar-refractivity contribution in [1.82, 2.24) is 14.2 Å². The summed E-state index contributed by atoms with van der Waals surface area (Å²) >= 11 is 1.56. The maximum Gasteiger partial charge on any atom is 0.254 e. The lowest BCUT2D eigenvalue weighted by Gasteiger charge is -2.34. The zero-order chi connectivity index (χ0) is 23.9. The van der Waals surface area contributed by atoms with Crippen molar-refractivity contribution in [1.29, 1.82) is 0 Å². The molecular weight excluding hydrogens is 466 g/mol. The van der Waals surface area contributed by atoms with E-state index in [9.17, 15) is 13.2 Å². The summed E-state index contributed by atoms with van der Waals surface area (Å²) in [5.74, 6) is -0.0985. The molecule has 1 aliphatic heterocycles. The lowest BCUT2D eigenvalue weighted by molar-refractivity contribution is 0.0698. The van der Waals surface area contributed by atoms with Crippen LogP contribution in [0.15, 0.2) is 71.6 Å². The van der Waals surface area contributed by atoms with Gasteiger partial charge in [-0.05, 0) is 49.2 Å². The summed E-state index contributed by atoms with van der Waals surface area (Å²) in [5.41, 5.74) is 3.94. The van der Waals surface area contributed by atoms with E-state index in [0.717, 1.165) is 31.9 Å². The molecule has 1 aliphatic rings. The van der Waals surface area contributed by atoms with E-state index < -0.39 is 10.0 Å². The highest BCUT2D eigenvalue weighted by Crippen LogP contribution is 2.33. The van der Waals surface area contributed by atoms with E-state index in [1.54, 1.807) is 22.3 Å². The fourth-order valence-corrected chi connectivity index (χ4v) is 7.01. The van der Waals surface area contributed by atoms with E-state index >= 15 is 0 Å². The van der Waals surface area contributed by atoms with E-state index in [1.807, 2.05) is 74.5 Å². The van der Waals surface area contributed by atoms with Crippen molar-refractivity contribution < 1.29 is 13.2 Å². The van der Waals surface area contributed by atoms with Crippen LogP contribution in [0.5, 0.6) is 0 Å². The number of benzene rings is 3. The number of piperazine rings is 1. The van der Waals surface area contributed by atoms with Gasteiger partial charge < -0.3 is 4.90 Å². The third kappa shape index (κ3) is 4.13. The number of sulfonamides is 1. The maximum atomic E-state index is 13.5. The number of thiazole rings is 1. The highest BCUT2D eigenvalue weighted by Gasteiger charge is 2.32. The number of nitrogens with zero attached hydrogens (tertiary/aromatic N) is 3. The molecule has 4 aromatic rings. The molecule has 3 aromatic carbocycles. The molecule has 5 rings (SSSR count). The molecular formula is C26H25N3O3S2. The molecule has 1 fully saturated rings. The van der Waals surface area contributed by atoms with Gasteiger partial charge in [-0.1, -0.05) is 42.5 Å². The summed E-state index contributed by atoms with van der Waals surface area (Å²) < 4.78 is 29.1. The number of rotatable bonds is 4. The highest BCUT2D eigenvalue weighted by atomic mass is 32.2. The number of hydrogen-bond donors (Lipinski definition) is 0. The van der Waals surface area contributed by atoms with Crippen LogP contribution in [0.1, 0.15) is 21.5 Å². The quantitative estimate of drug-likeness (QED) is 0.414. The molecule has 1 amide bonds. The second-order valence-electron chi connectivity index (χ2n) is 8.50. The first kappa shape index (κ1) is 22.7. The summed E-state index contributed by atoms with van der Waals surface area (Å²) in [7, 11) is -3.61. The van der Waals surface area contributed by atoms with Crippen molar-refractivity contribution in [3.8, 4) is 10.6 Å². The fraction of sp³-hybridized carbons (Fsp3) is 0.231. The fourth-order valence-electron chi connectivity index (χ4n) is 4.27. The summed E-state index contributed by atoms with van der Waals surface area (Å²) in [6.07, 6.45) is 0. The van der Waals surface area contributed by atoms with Crippen LogP contribution in [0.4, 0.5) is 0 Å². The monoisotopic (exact) mass is 491 g/mol. The molecule has 6 nitrogen and oxygen atoms in total. The van der Waals surface area contributed by atoms with Gasteiger partial charge in [-0.2, -0.15) is 4.31 Å². The van der Waals surface area contributed by atoms with Crippen molar-refractivity contribution in [3.05, 3.63) is 83.4 Å². The Bertz CT molecular complexity index is 1450. The molecule has 34 heavy (non-hydrogen) atoms. The lowest BCUT2D eigenvalue weighted by Crippen LogP contribution is -2.50. The molecule has 8 heteroatoms. The summed E-state index contributed by atoms with van der Waals surface area (Å²) in [6.45, 7) is 4.92. The van der Waals surface area contributed by atoms with Crippen molar-refractivity contribution in [2.45, 2.75) is 18.7 Å². The minimum absolute atomic E-state index is 0.0985. The van der Waals surface area contributed by atoms with Crippen molar-refractivity contribution >= 4 is 37.5 Å². The summed E-state index contributed by atoms with van der Waals surface area (Å²) in [5, 5.41) is 0.807. The Morgan fingerprint density at radius 2 is 1.62 bits per heavy atom. The second-order valence-corrected chi connectivity index (χ2v) is 11.4. The number of hydrogen-bond acceptors (Lipinski definition) is 5. The minimum atomic E-state index is -3.61. The first-order valence-electron chi connectivity index (χ1n) is 11.2. The molecule has 0 bridgehead atoms. The van der Waals surface area contributed by atoms with Crippen LogP contribution in [-0.2, 0) is 10.0 Å². The van der Waals surface area contributed by atoms with Gasteiger partial charge in [-0.3, -0.25) is 4.79 Å². The number of carbonyl (C=O) groups excluding carboxylic acids is 1. The maximum absolute atomic E-state index is 13.5. The predicted octanol–water partition coefficient (Wildman–Crippen LogP) is 4.73. The van der Waals surface area contributed by atoms with Crippen molar-refractivity contribution in [3.63, 3.8) is 0 Å². The molecule has 0 atom stereocenters. The van der Waals surface area contributed by atoms with Gasteiger partial charge in [0.15, 0.2) is 0 Å². The molecule has 1 aromatic heterocycles. The standard InChI is InChI=1S/C26H25N3O3S2/c1-18-11-12-19(2)24(17-18)34(31,32)29-15-13-28(14-16-29)26(30)21-8-4-3-7-20(21)25-27-22-9-5-6-10-23(22)33-25/h3-12,17H,13-16H2,1-2H3. The smallest absolute Gasteiger partial charge is 0.254 e. The lowest BCUT2D eigenvalue weighted by atomic mass is 10.1. The van der Waals surface area contributed by atoms with Crippen molar-refractivity contribution in [2.24, 2.45) is 0 Å². The van der Waals surface area contributed by atoms with E-state index in [2.05, 4.69) is 0 Å². The Balaban J connectivity index is 1.36. The minimum Gasteiger partial charge on any atom is -0.336 e. The summed E-state index contributed by atoms with van der Waals surface area (Å²) in [4.78, 5) is 20.3. The van der Waals surface area contributed by atoms with Gasteiger partial charge in [-0.15, -0.1) is 11.3 Å².